The molecule has 2 aromatic rings. The van der Waals surface area contributed by atoms with Crippen LogP contribution >= 0.6 is 0 Å². The Morgan fingerprint density at radius 1 is 1.05 bits per heavy atom. The highest BCUT2D eigenvalue weighted by atomic mass is 32.2. The van der Waals surface area contributed by atoms with Crippen molar-refractivity contribution in [2.75, 3.05) is 25.7 Å². The monoisotopic (exact) mass is 524 g/mol. The number of ether oxygens (including phenoxy) is 2. The first-order valence-corrected chi connectivity index (χ1v) is 12.9. The molecule has 1 aliphatic rings. The van der Waals surface area contributed by atoms with Crippen molar-refractivity contribution in [3.05, 3.63) is 82.8 Å². The largest absolute Gasteiger partial charge is 0.466 e. The molecule has 11 heteroatoms. The van der Waals surface area contributed by atoms with Crippen LogP contribution in [0.1, 0.15) is 31.2 Å². The van der Waals surface area contributed by atoms with Crippen molar-refractivity contribution in [1.29, 1.82) is 5.26 Å². The lowest BCUT2D eigenvalue weighted by molar-refractivity contribution is -0.139. The molecule has 0 aliphatic carbocycles. The number of methoxy groups -OCH3 is 2. The van der Waals surface area contributed by atoms with Gasteiger partial charge in [0.25, 0.3) is 0 Å². The SMILES string of the molecule is CCCCNS(=O)(=O)c1ccc(N2C(N)=C(C#N)C(c3ccccc3)C(C(=O)OC)=C2C(=O)OC)cc1. The summed E-state index contributed by atoms with van der Waals surface area (Å²) in [6, 6.07) is 16.2. The molecule has 1 heterocycles. The summed E-state index contributed by atoms with van der Waals surface area (Å²) in [4.78, 5) is 27.3. The first kappa shape index (κ1) is 27.4. The molecule has 0 aromatic heterocycles. The van der Waals surface area contributed by atoms with Gasteiger partial charge in [-0.3, -0.25) is 4.90 Å². The standard InChI is InChI=1S/C26H28N4O6S/c1-4-5-15-29-37(33,34)19-13-11-18(12-14-19)30-23(26(32)36-3)22(25(31)35-2)21(20(16-27)24(30)28)17-9-7-6-8-10-17/h6-14,21,29H,4-5,15,28H2,1-3H3. The number of nitrogens with one attached hydrogen (secondary N) is 1. The number of esters is 2. The lowest BCUT2D eigenvalue weighted by Crippen LogP contribution is -2.40. The zero-order valence-electron chi connectivity index (χ0n) is 20.7. The number of nitrogens with two attached hydrogens (primary N) is 1. The average Bonchev–Trinajstić information content (AvgIpc) is 2.92. The number of nitriles is 1. The van der Waals surface area contributed by atoms with Crippen LogP contribution in [-0.4, -0.2) is 41.1 Å². The number of sulfonamides is 1. The molecule has 3 N–H and O–H groups in total. The summed E-state index contributed by atoms with van der Waals surface area (Å²) in [6.45, 7) is 2.25. The van der Waals surface area contributed by atoms with Crippen LogP contribution < -0.4 is 15.4 Å². The van der Waals surface area contributed by atoms with Crippen molar-refractivity contribution < 1.29 is 27.5 Å². The van der Waals surface area contributed by atoms with Gasteiger partial charge in [-0.1, -0.05) is 43.7 Å². The van der Waals surface area contributed by atoms with E-state index in [1.165, 1.54) is 29.2 Å². The van der Waals surface area contributed by atoms with Gasteiger partial charge in [0, 0.05) is 12.2 Å². The van der Waals surface area contributed by atoms with Crippen molar-refractivity contribution in [2.24, 2.45) is 5.73 Å². The minimum Gasteiger partial charge on any atom is -0.466 e. The minimum atomic E-state index is -3.76. The Morgan fingerprint density at radius 3 is 2.22 bits per heavy atom. The first-order valence-electron chi connectivity index (χ1n) is 11.5. The van der Waals surface area contributed by atoms with Crippen LogP contribution in [0.15, 0.2) is 82.2 Å². The third-order valence-electron chi connectivity index (χ3n) is 5.84. The summed E-state index contributed by atoms with van der Waals surface area (Å²) in [7, 11) is -1.45. The molecular formula is C26H28N4O6S. The van der Waals surface area contributed by atoms with E-state index in [1.807, 2.05) is 6.92 Å². The maximum Gasteiger partial charge on any atom is 0.355 e. The molecule has 37 heavy (non-hydrogen) atoms. The highest BCUT2D eigenvalue weighted by Gasteiger charge is 2.43. The van der Waals surface area contributed by atoms with Gasteiger partial charge in [-0.25, -0.2) is 22.7 Å². The van der Waals surface area contributed by atoms with Crippen molar-refractivity contribution >= 4 is 27.6 Å². The predicted octanol–water partition coefficient (Wildman–Crippen LogP) is 2.66. The number of hydrogen-bond donors (Lipinski definition) is 2. The molecular weight excluding hydrogens is 496 g/mol. The molecule has 0 bridgehead atoms. The Hall–Kier alpha value is -4.14. The van der Waals surface area contributed by atoms with Crippen molar-refractivity contribution in [2.45, 2.75) is 30.6 Å². The van der Waals surface area contributed by atoms with Crippen molar-refractivity contribution in [3.8, 4) is 6.07 Å². The van der Waals surface area contributed by atoms with Gasteiger partial charge in [0.15, 0.2) is 0 Å². The fourth-order valence-corrected chi connectivity index (χ4v) is 5.10. The number of nitrogens with zero attached hydrogens (tertiary/aromatic N) is 2. The third-order valence-corrected chi connectivity index (χ3v) is 7.31. The van der Waals surface area contributed by atoms with E-state index < -0.39 is 27.9 Å². The number of carbonyl (C=O) groups excluding carboxylic acids is 2. The van der Waals surface area contributed by atoms with E-state index in [-0.39, 0.29) is 33.2 Å². The first-order chi connectivity index (χ1) is 17.7. The lowest BCUT2D eigenvalue weighted by Gasteiger charge is -2.35. The van der Waals surface area contributed by atoms with Gasteiger partial charge in [0.1, 0.15) is 11.5 Å². The Bertz CT molecular complexity index is 1380. The number of benzene rings is 2. The molecule has 0 fully saturated rings. The van der Waals surface area contributed by atoms with Crippen molar-refractivity contribution in [1.82, 2.24) is 4.72 Å². The molecule has 0 saturated carbocycles. The molecule has 10 nitrogen and oxygen atoms in total. The summed E-state index contributed by atoms with van der Waals surface area (Å²) < 4.78 is 37.7. The Kier molecular flexibility index (Phi) is 8.70. The number of carbonyl (C=O) groups is 2. The minimum absolute atomic E-state index is 0.00590. The molecule has 0 radical (unpaired) electrons. The van der Waals surface area contributed by atoms with E-state index in [4.69, 9.17) is 15.2 Å². The predicted molar refractivity (Wildman–Crippen MR) is 136 cm³/mol. The summed E-state index contributed by atoms with van der Waals surface area (Å²) >= 11 is 0. The molecule has 194 valence electrons. The van der Waals surface area contributed by atoms with E-state index in [1.54, 1.807) is 30.3 Å². The summed E-state index contributed by atoms with van der Waals surface area (Å²) in [5, 5.41) is 10.1. The molecule has 0 spiro atoms. The highest BCUT2D eigenvalue weighted by molar-refractivity contribution is 7.89. The zero-order valence-corrected chi connectivity index (χ0v) is 21.5. The fourth-order valence-electron chi connectivity index (χ4n) is 4.02. The maximum atomic E-state index is 13.1. The van der Waals surface area contributed by atoms with E-state index in [0.29, 0.717) is 18.5 Å². The molecule has 1 unspecified atom stereocenters. The molecule has 0 amide bonds. The van der Waals surface area contributed by atoms with Crippen LogP contribution in [0.2, 0.25) is 0 Å². The number of hydrogen-bond acceptors (Lipinski definition) is 9. The second-order valence-electron chi connectivity index (χ2n) is 8.08. The molecule has 0 saturated heterocycles. The van der Waals surface area contributed by atoms with Crippen LogP contribution in [-0.2, 0) is 29.1 Å². The second kappa shape index (κ2) is 11.7. The van der Waals surface area contributed by atoms with Gasteiger partial charge < -0.3 is 15.2 Å². The van der Waals surface area contributed by atoms with Gasteiger partial charge in [-0.15, -0.1) is 0 Å². The van der Waals surface area contributed by atoms with Crippen LogP contribution in [0.4, 0.5) is 5.69 Å². The smallest absolute Gasteiger partial charge is 0.355 e. The van der Waals surface area contributed by atoms with E-state index in [0.717, 1.165) is 20.6 Å². The summed E-state index contributed by atoms with van der Waals surface area (Å²) in [5.74, 6) is -2.84. The van der Waals surface area contributed by atoms with Gasteiger partial charge in [0.2, 0.25) is 10.0 Å². The maximum absolute atomic E-state index is 13.1. The van der Waals surface area contributed by atoms with Crippen LogP contribution in [0.3, 0.4) is 0 Å². The summed E-state index contributed by atoms with van der Waals surface area (Å²) in [6.07, 6.45) is 1.52. The average molecular weight is 525 g/mol. The van der Waals surface area contributed by atoms with E-state index >= 15 is 0 Å². The van der Waals surface area contributed by atoms with Gasteiger partial charge in [-0.2, -0.15) is 5.26 Å². The Morgan fingerprint density at radius 2 is 1.68 bits per heavy atom. The van der Waals surface area contributed by atoms with Crippen molar-refractivity contribution in [3.63, 3.8) is 0 Å². The zero-order chi connectivity index (χ0) is 27.2. The van der Waals surface area contributed by atoms with E-state index in [2.05, 4.69) is 10.8 Å². The fraction of sp³-hybridized carbons (Fsp3) is 0.269. The van der Waals surface area contributed by atoms with E-state index in [9.17, 15) is 23.3 Å². The van der Waals surface area contributed by atoms with Crippen LogP contribution in [0, 0.1) is 11.3 Å². The molecule has 1 atom stereocenters. The molecule has 2 aromatic carbocycles. The number of rotatable bonds is 9. The van der Waals surface area contributed by atoms with Crippen LogP contribution in [0.5, 0.6) is 0 Å². The van der Waals surface area contributed by atoms with Crippen LogP contribution in [0.25, 0.3) is 0 Å². The summed E-state index contributed by atoms with van der Waals surface area (Å²) in [5.41, 5.74) is 6.87. The quantitative estimate of drug-likeness (QED) is 0.372. The normalized spacial score (nSPS) is 15.8. The third kappa shape index (κ3) is 5.50. The number of unbranched alkanes of at least 4 members (excludes halogenated alkanes) is 1. The number of anilines is 1. The van der Waals surface area contributed by atoms with Gasteiger partial charge in [-0.05, 0) is 36.2 Å². The Balaban J connectivity index is 2.22. The topological polar surface area (TPSA) is 152 Å². The van der Waals surface area contributed by atoms with Gasteiger partial charge in [0.05, 0.1) is 42.2 Å². The molecule has 1 aliphatic heterocycles. The number of allylic oxidation sites excluding steroid dienone is 1. The van der Waals surface area contributed by atoms with Gasteiger partial charge >= 0.3 is 11.9 Å². The molecule has 3 rings (SSSR count). The Labute approximate surface area is 216 Å². The lowest BCUT2D eigenvalue weighted by atomic mass is 9.81. The highest BCUT2D eigenvalue weighted by Crippen LogP contribution is 2.43. The second-order valence-corrected chi connectivity index (χ2v) is 9.85.